The van der Waals surface area contributed by atoms with E-state index in [4.69, 9.17) is 10.8 Å². The molecule has 78 valence electrons. The predicted octanol–water partition coefficient (Wildman–Crippen LogP) is 1.30. The van der Waals surface area contributed by atoms with Crippen LogP contribution in [0.4, 0.5) is 4.39 Å². The lowest BCUT2D eigenvalue weighted by Gasteiger charge is -2.17. The molecule has 0 unspecified atom stereocenters. The lowest BCUT2D eigenvalue weighted by molar-refractivity contribution is 0.143. The molecule has 1 aromatic rings. The van der Waals surface area contributed by atoms with Crippen LogP contribution in [0.5, 0.6) is 5.75 Å². The highest BCUT2D eigenvalue weighted by Crippen LogP contribution is 2.22. The molecule has 4 N–H and O–H groups in total. The molecule has 0 heterocycles. The molecule has 2 atom stereocenters. The van der Waals surface area contributed by atoms with Gasteiger partial charge in [0.15, 0.2) is 0 Å². The third kappa shape index (κ3) is 2.43. The van der Waals surface area contributed by atoms with Gasteiger partial charge in [-0.05, 0) is 24.1 Å². The Balaban J connectivity index is 2.94. The fraction of sp³-hybridized carbons (Fsp3) is 0.400. The van der Waals surface area contributed by atoms with Crippen molar-refractivity contribution in [2.24, 2.45) is 5.73 Å². The van der Waals surface area contributed by atoms with Crippen molar-refractivity contribution in [3.8, 4) is 5.75 Å². The summed E-state index contributed by atoms with van der Waals surface area (Å²) in [6.07, 6.45) is -0.361. The number of aliphatic hydroxyl groups is 1. The second-order valence-corrected chi connectivity index (χ2v) is 3.26. The first kappa shape index (κ1) is 10.9. The van der Waals surface area contributed by atoms with Gasteiger partial charge >= 0.3 is 0 Å². The van der Waals surface area contributed by atoms with E-state index >= 15 is 0 Å². The number of phenols is 1. The minimum absolute atomic E-state index is 0.206. The molecule has 0 aliphatic heterocycles. The summed E-state index contributed by atoms with van der Waals surface area (Å²) < 4.78 is 12.8. The van der Waals surface area contributed by atoms with Crippen LogP contribution in [-0.2, 0) is 0 Å². The van der Waals surface area contributed by atoms with Crippen LogP contribution in [0, 0.1) is 5.82 Å². The number of hydrogen-bond acceptors (Lipinski definition) is 3. The fourth-order valence-corrected chi connectivity index (χ4v) is 1.24. The van der Waals surface area contributed by atoms with Crippen LogP contribution < -0.4 is 5.73 Å². The topological polar surface area (TPSA) is 66.5 Å². The highest BCUT2D eigenvalue weighted by molar-refractivity contribution is 5.30. The number of benzene rings is 1. The lowest BCUT2D eigenvalue weighted by Crippen LogP contribution is -2.27. The molecule has 1 rings (SSSR count). The van der Waals surface area contributed by atoms with Gasteiger partial charge in [-0.15, -0.1) is 0 Å². The first-order valence-corrected chi connectivity index (χ1v) is 4.47. The smallest absolute Gasteiger partial charge is 0.127 e. The van der Waals surface area contributed by atoms with E-state index in [1.165, 1.54) is 12.1 Å². The monoisotopic (exact) mass is 199 g/mol. The predicted molar refractivity (Wildman–Crippen MR) is 51.3 cm³/mol. The number of aliphatic hydroxyl groups excluding tert-OH is 1. The Kier molecular flexibility index (Phi) is 3.43. The van der Waals surface area contributed by atoms with Gasteiger partial charge in [0.2, 0.25) is 0 Å². The first-order valence-electron chi connectivity index (χ1n) is 4.47. The molecule has 0 aromatic heterocycles. The van der Waals surface area contributed by atoms with Crippen LogP contribution in [-0.4, -0.2) is 16.3 Å². The Hall–Kier alpha value is -1.13. The summed E-state index contributed by atoms with van der Waals surface area (Å²) >= 11 is 0. The minimum Gasteiger partial charge on any atom is -0.508 e. The Morgan fingerprint density at radius 3 is 2.57 bits per heavy atom. The molecular formula is C10H14FNO2. The third-order valence-electron chi connectivity index (χ3n) is 2.12. The van der Waals surface area contributed by atoms with Gasteiger partial charge in [-0.1, -0.05) is 6.92 Å². The summed E-state index contributed by atoms with van der Waals surface area (Å²) in [7, 11) is 0. The van der Waals surface area contributed by atoms with Crippen molar-refractivity contribution >= 4 is 0 Å². The quantitative estimate of drug-likeness (QED) is 0.687. The molecule has 14 heavy (non-hydrogen) atoms. The van der Waals surface area contributed by atoms with Crippen molar-refractivity contribution in [1.29, 1.82) is 0 Å². The summed E-state index contributed by atoms with van der Waals surface area (Å²) in [5, 5.41) is 18.7. The average Bonchev–Trinajstić information content (AvgIpc) is 2.14. The SMILES string of the molecule is CC[C@@H](N)[C@H](O)c1cc(O)cc(F)c1. The number of hydrogen-bond donors (Lipinski definition) is 3. The van der Waals surface area contributed by atoms with Gasteiger partial charge in [0, 0.05) is 12.1 Å². The Labute approximate surface area is 82.0 Å². The van der Waals surface area contributed by atoms with Crippen LogP contribution in [0.25, 0.3) is 0 Å². The highest BCUT2D eigenvalue weighted by Gasteiger charge is 2.16. The molecule has 4 heteroatoms. The maximum atomic E-state index is 12.8. The number of phenolic OH excluding ortho intramolecular Hbond substituents is 1. The van der Waals surface area contributed by atoms with Crippen LogP contribution in [0.1, 0.15) is 25.0 Å². The van der Waals surface area contributed by atoms with Crippen LogP contribution in [0.2, 0.25) is 0 Å². The molecule has 0 aliphatic rings. The summed E-state index contributed by atoms with van der Waals surface area (Å²) in [6, 6.07) is 3.01. The standard InChI is InChI=1S/C10H14FNO2/c1-2-9(12)10(14)6-3-7(11)5-8(13)4-6/h3-5,9-10,13-14H,2,12H2,1H3/t9-,10-/m1/s1. The summed E-state index contributed by atoms with van der Waals surface area (Å²) in [6.45, 7) is 1.83. The van der Waals surface area contributed by atoms with Gasteiger partial charge in [-0.25, -0.2) is 4.39 Å². The maximum Gasteiger partial charge on any atom is 0.127 e. The molecule has 0 aliphatic carbocycles. The van der Waals surface area contributed by atoms with Crippen molar-refractivity contribution in [3.63, 3.8) is 0 Å². The van der Waals surface area contributed by atoms with Crippen molar-refractivity contribution in [3.05, 3.63) is 29.6 Å². The molecular weight excluding hydrogens is 185 g/mol. The van der Waals surface area contributed by atoms with E-state index in [-0.39, 0.29) is 5.75 Å². The van der Waals surface area contributed by atoms with Crippen LogP contribution in [0.15, 0.2) is 18.2 Å². The van der Waals surface area contributed by atoms with Gasteiger partial charge < -0.3 is 15.9 Å². The normalized spacial score (nSPS) is 15.1. The van der Waals surface area contributed by atoms with Crippen molar-refractivity contribution < 1.29 is 14.6 Å². The van der Waals surface area contributed by atoms with E-state index in [0.717, 1.165) is 6.07 Å². The molecule has 1 aromatic carbocycles. The maximum absolute atomic E-state index is 12.8. The van der Waals surface area contributed by atoms with Crippen LogP contribution in [0.3, 0.4) is 0 Å². The zero-order chi connectivity index (χ0) is 10.7. The van der Waals surface area contributed by atoms with Gasteiger partial charge in [-0.3, -0.25) is 0 Å². The molecule has 0 radical (unpaired) electrons. The Morgan fingerprint density at radius 2 is 2.07 bits per heavy atom. The van der Waals surface area contributed by atoms with E-state index in [9.17, 15) is 9.50 Å². The van der Waals surface area contributed by atoms with Crippen LogP contribution >= 0.6 is 0 Å². The zero-order valence-corrected chi connectivity index (χ0v) is 7.94. The lowest BCUT2D eigenvalue weighted by atomic mass is 10.0. The molecule has 0 spiro atoms. The van der Waals surface area contributed by atoms with Crippen molar-refractivity contribution in [1.82, 2.24) is 0 Å². The van der Waals surface area contributed by atoms with E-state index in [2.05, 4.69) is 0 Å². The van der Waals surface area contributed by atoms with Gasteiger partial charge in [-0.2, -0.15) is 0 Å². The summed E-state index contributed by atoms with van der Waals surface area (Å²) in [4.78, 5) is 0. The third-order valence-corrected chi connectivity index (χ3v) is 2.12. The van der Waals surface area contributed by atoms with E-state index in [1.807, 2.05) is 6.92 Å². The average molecular weight is 199 g/mol. The fourth-order valence-electron chi connectivity index (χ4n) is 1.24. The minimum atomic E-state index is -0.943. The highest BCUT2D eigenvalue weighted by atomic mass is 19.1. The van der Waals surface area contributed by atoms with Gasteiger partial charge in [0.05, 0.1) is 6.10 Å². The summed E-state index contributed by atoms with van der Waals surface area (Å²) in [5.41, 5.74) is 5.90. The van der Waals surface area contributed by atoms with E-state index in [0.29, 0.717) is 12.0 Å². The number of nitrogens with two attached hydrogens (primary N) is 1. The number of rotatable bonds is 3. The Morgan fingerprint density at radius 1 is 1.43 bits per heavy atom. The molecule has 0 saturated heterocycles. The molecule has 0 fully saturated rings. The van der Waals surface area contributed by atoms with Gasteiger partial charge in [0.1, 0.15) is 11.6 Å². The second kappa shape index (κ2) is 4.39. The molecule has 0 saturated carbocycles. The largest absolute Gasteiger partial charge is 0.508 e. The van der Waals surface area contributed by atoms with Gasteiger partial charge in [0.25, 0.3) is 0 Å². The summed E-state index contributed by atoms with van der Waals surface area (Å²) in [5.74, 6) is -0.787. The zero-order valence-electron chi connectivity index (χ0n) is 7.94. The molecule has 3 nitrogen and oxygen atoms in total. The molecule has 0 bridgehead atoms. The van der Waals surface area contributed by atoms with Crippen molar-refractivity contribution in [2.75, 3.05) is 0 Å². The Bertz CT molecular complexity index is 297. The second-order valence-electron chi connectivity index (χ2n) is 3.26. The van der Waals surface area contributed by atoms with E-state index < -0.39 is 18.0 Å². The van der Waals surface area contributed by atoms with E-state index in [1.54, 1.807) is 0 Å². The van der Waals surface area contributed by atoms with Crippen molar-refractivity contribution in [2.45, 2.75) is 25.5 Å². The first-order chi connectivity index (χ1) is 6.54. The molecule has 0 amide bonds. The number of aromatic hydroxyl groups is 1. The number of halogens is 1.